The zero-order valence-electron chi connectivity index (χ0n) is 7.31. The van der Waals surface area contributed by atoms with E-state index in [4.69, 9.17) is 46.4 Å². The van der Waals surface area contributed by atoms with Crippen LogP contribution in [0.25, 0.3) is 0 Å². The van der Waals surface area contributed by atoms with Crippen LogP contribution >= 0.6 is 68.0 Å². The van der Waals surface area contributed by atoms with Gasteiger partial charge in [-0.05, 0) is 12.8 Å². The summed E-state index contributed by atoms with van der Waals surface area (Å²) in [4.78, 5) is 0. The summed E-state index contributed by atoms with van der Waals surface area (Å²) in [5.74, 6) is 3.00. The lowest BCUT2D eigenvalue weighted by Gasteiger charge is -2.01. The Morgan fingerprint density at radius 2 is 1.14 bits per heavy atom. The molecule has 0 amide bonds. The summed E-state index contributed by atoms with van der Waals surface area (Å²) in [6, 6.07) is 0. The van der Waals surface area contributed by atoms with Gasteiger partial charge in [-0.25, -0.2) is 0 Å². The van der Waals surface area contributed by atoms with Gasteiger partial charge in [-0.3, -0.25) is 0 Å². The summed E-state index contributed by atoms with van der Waals surface area (Å²) in [5.41, 5.74) is 0. The van der Waals surface area contributed by atoms with E-state index in [1.165, 1.54) is 0 Å². The van der Waals surface area contributed by atoms with Gasteiger partial charge < -0.3 is 0 Å². The van der Waals surface area contributed by atoms with Crippen molar-refractivity contribution >= 4 is 68.0 Å². The molecule has 0 heterocycles. The molecule has 0 aromatic carbocycles. The number of halogens is 4. The molecule has 0 aromatic rings. The smallest absolute Gasteiger partial charge is 0.101 e. The lowest BCUT2D eigenvalue weighted by molar-refractivity contribution is 0.979. The van der Waals surface area contributed by atoms with E-state index in [0.29, 0.717) is 11.8 Å². The first-order chi connectivity index (χ1) is 6.42. The van der Waals surface area contributed by atoms with Crippen LogP contribution in [0.5, 0.6) is 0 Å². The van der Waals surface area contributed by atoms with Gasteiger partial charge >= 0.3 is 0 Å². The van der Waals surface area contributed by atoms with Crippen molar-refractivity contribution in [2.24, 2.45) is 11.8 Å². The van der Waals surface area contributed by atoms with Crippen molar-refractivity contribution in [3.8, 4) is 0 Å². The Kier molecular flexibility index (Phi) is 3.76. The van der Waals surface area contributed by atoms with Crippen LogP contribution < -0.4 is 0 Å². The predicted molar refractivity (Wildman–Crippen MR) is 70.0 cm³/mol. The van der Waals surface area contributed by atoms with E-state index in [1.54, 1.807) is 0 Å². The predicted octanol–water partition coefficient (Wildman–Crippen LogP) is 4.76. The van der Waals surface area contributed by atoms with Gasteiger partial charge in [-0.1, -0.05) is 21.6 Å². The molecule has 2 atom stereocenters. The molecule has 2 rings (SSSR count). The summed E-state index contributed by atoms with van der Waals surface area (Å²) in [5, 5.41) is 0. The molecule has 0 spiro atoms. The molecule has 6 heteroatoms. The van der Waals surface area contributed by atoms with Crippen LogP contribution in [-0.4, -0.2) is 20.2 Å². The molecule has 0 aliphatic heterocycles. The quantitative estimate of drug-likeness (QED) is 0.408. The highest BCUT2D eigenvalue weighted by molar-refractivity contribution is 8.76. The van der Waals surface area contributed by atoms with Gasteiger partial charge in [0.2, 0.25) is 0 Å². The number of alkyl halides is 4. The van der Waals surface area contributed by atoms with E-state index >= 15 is 0 Å². The van der Waals surface area contributed by atoms with Crippen molar-refractivity contribution in [2.75, 3.05) is 11.5 Å². The third kappa shape index (κ3) is 3.18. The van der Waals surface area contributed by atoms with Gasteiger partial charge in [0.15, 0.2) is 0 Å². The maximum Gasteiger partial charge on any atom is 0.122 e. The summed E-state index contributed by atoms with van der Waals surface area (Å²) >= 11 is 23.6. The lowest BCUT2D eigenvalue weighted by atomic mass is 10.5. The number of hydrogen-bond acceptors (Lipinski definition) is 2. The molecular formula is C8H10Cl4S2. The zero-order valence-corrected chi connectivity index (χ0v) is 12.0. The molecule has 0 saturated heterocycles. The Bertz CT molecular complexity index is 207. The largest absolute Gasteiger partial charge is 0.122 e. The molecule has 0 aromatic heterocycles. The number of rotatable bonds is 5. The molecule has 2 fully saturated rings. The normalized spacial score (nSPS) is 36.9. The van der Waals surface area contributed by atoms with Crippen LogP contribution in [0.4, 0.5) is 0 Å². The van der Waals surface area contributed by atoms with Gasteiger partial charge in [0.25, 0.3) is 0 Å². The van der Waals surface area contributed by atoms with E-state index < -0.39 is 8.67 Å². The molecule has 0 unspecified atom stereocenters. The first-order valence-electron chi connectivity index (χ1n) is 4.42. The van der Waals surface area contributed by atoms with Crippen LogP contribution in [0.1, 0.15) is 12.8 Å². The van der Waals surface area contributed by atoms with E-state index in [-0.39, 0.29) is 0 Å². The van der Waals surface area contributed by atoms with Crippen LogP contribution in [-0.2, 0) is 0 Å². The van der Waals surface area contributed by atoms with Crippen molar-refractivity contribution in [1.82, 2.24) is 0 Å². The molecule has 82 valence electrons. The fourth-order valence-corrected chi connectivity index (χ4v) is 5.47. The third-order valence-electron chi connectivity index (χ3n) is 2.53. The van der Waals surface area contributed by atoms with Gasteiger partial charge in [0, 0.05) is 23.3 Å². The Morgan fingerprint density at radius 1 is 0.857 bits per heavy atom. The first-order valence-corrected chi connectivity index (χ1v) is 8.42. The summed E-state index contributed by atoms with van der Waals surface area (Å²) in [6.45, 7) is 0. The van der Waals surface area contributed by atoms with E-state index in [0.717, 1.165) is 24.3 Å². The second-order valence-corrected chi connectivity index (χ2v) is 9.53. The Morgan fingerprint density at radius 3 is 1.36 bits per heavy atom. The zero-order chi connectivity index (χ0) is 10.4. The Hall–Kier alpha value is 1.86. The molecule has 0 N–H and O–H groups in total. The Labute approximate surface area is 112 Å². The van der Waals surface area contributed by atoms with E-state index in [1.807, 2.05) is 21.6 Å². The van der Waals surface area contributed by atoms with E-state index in [2.05, 4.69) is 0 Å². The second-order valence-electron chi connectivity index (χ2n) is 3.89. The summed E-state index contributed by atoms with van der Waals surface area (Å²) < 4.78 is -0.869. The van der Waals surface area contributed by atoms with Crippen molar-refractivity contribution in [3.05, 3.63) is 0 Å². The fraction of sp³-hybridized carbons (Fsp3) is 1.00. The molecule has 2 aliphatic carbocycles. The molecule has 14 heavy (non-hydrogen) atoms. The standard InChI is InChI=1S/C8H10Cl4S2/c9-7(10)1-5(7)3-13-14-4-6-2-8(6,11)12/h5-6H,1-4H2/t5-,6-/m0/s1. The third-order valence-corrected chi connectivity index (χ3v) is 6.94. The maximum atomic E-state index is 5.91. The summed E-state index contributed by atoms with van der Waals surface area (Å²) in [7, 11) is 3.65. The van der Waals surface area contributed by atoms with Crippen LogP contribution in [0.3, 0.4) is 0 Å². The monoisotopic (exact) mass is 310 g/mol. The average Bonchev–Trinajstić information content (AvgIpc) is 2.84. The van der Waals surface area contributed by atoms with Crippen molar-refractivity contribution < 1.29 is 0 Å². The van der Waals surface area contributed by atoms with Gasteiger partial charge in [0.05, 0.1) is 0 Å². The Balaban J connectivity index is 1.49. The van der Waals surface area contributed by atoms with Gasteiger partial charge in [0.1, 0.15) is 8.67 Å². The van der Waals surface area contributed by atoms with Gasteiger partial charge in [-0.2, -0.15) is 0 Å². The van der Waals surface area contributed by atoms with Crippen LogP contribution in [0.15, 0.2) is 0 Å². The minimum Gasteiger partial charge on any atom is -0.101 e. The molecule has 2 saturated carbocycles. The summed E-state index contributed by atoms with van der Waals surface area (Å²) in [6.07, 6.45) is 1.87. The lowest BCUT2D eigenvalue weighted by Crippen LogP contribution is -1.94. The highest BCUT2D eigenvalue weighted by Gasteiger charge is 2.52. The SMILES string of the molecule is ClC1(Cl)C[C@H]1CSSC[C@@H]1CC1(Cl)Cl. The maximum absolute atomic E-state index is 5.91. The second kappa shape index (κ2) is 4.27. The van der Waals surface area contributed by atoms with Crippen molar-refractivity contribution in [2.45, 2.75) is 21.5 Å². The fourth-order valence-electron chi connectivity index (χ4n) is 1.16. The van der Waals surface area contributed by atoms with Crippen molar-refractivity contribution in [3.63, 3.8) is 0 Å². The van der Waals surface area contributed by atoms with Crippen LogP contribution in [0.2, 0.25) is 0 Å². The molecule has 0 nitrogen and oxygen atoms in total. The molecule has 2 aliphatic rings. The van der Waals surface area contributed by atoms with E-state index in [9.17, 15) is 0 Å². The topological polar surface area (TPSA) is 0 Å². The number of hydrogen-bond donors (Lipinski definition) is 0. The minimum absolute atomic E-state index is 0.435. The van der Waals surface area contributed by atoms with Crippen LogP contribution in [0, 0.1) is 11.8 Å². The first kappa shape index (κ1) is 12.3. The average molecular weight is 312 g/mol. The molecule has 0 bridgehead atoms. The molecule has 0 radical (unpaired) electrons. The molecular weight excluding hydrogens is 302 g/mol. The highest BCUT2D eigenvalue weighted by Crippen LogP contribution is 2.57. The van der Waals surface area contributed by atoms with Crippen molar-refractivity contribution in [1.29, 1.82) is 0 Å². The minimum atomic E-state index is -0.435. The highest BCUT2D eigenvalue weighted by atomic mass is 35.5. The van der Waals surface area contributed by atoms with Gasteiger partial charge in [-0.15, -0.1) is 46.4 Å².